The van der Waals surface area contributed by atoms with E-state index in [9.17, 15) is 5.11 Å². The van der Waals surface area contributed by atoms with Gasteiger partial charge in [0.2, 0.25) is 0 Å². The number of thiazole rings is 1. The van der Waals surface area contributed by atoms with Gasteiger partial charge in [0.25, 0.3) is 0 Å². The number of halogens is 1. The maximum absolute atomic E-state index is 9.65. The van der Waals surface area contributed by atoms with Crippen LogP contribution in [-0.4, -0.2) is 28.6 Å². The van der Waals surface area contributed by atoms with Gasteiger partial charge in [-0.3, -0.25) is 4.90 Å². The highest BCUT2D eigenvalue weighted by Gasteiger charge is 2.17. The van der Waals surface area contributed by atoms with Gasteiger partial charge < -0.3 is 5.11 Å². The average molecular weight is 341 g/mol. The van der Waals surface area contributed by atoms with Crippen molar-refractivity contribution in [2.45, 2.75) is 19.5 Å². The molecule has 102 valence electrons. The van der Waals surface area contributed by atoms with Crippen LogP contribution in [0.15, 0.2) is 34.9 Å². The Kier molecular flexibility index (Phi) is 5.10. The van der Waals surface area contributed by atoms with E-state index in [1.165, 1.54) is 4.88 Å². The summed E-state index contributed by atoms with van der Waals surface area (Å²) in [4.78, 5) is 7.63. The number of hydrogen-bond donors (Lipinski definition) is 1. The Balaban J connectivity index is 2.12. The number of aromatic nitrogens is 1. The second kappa shape index (κ2) is 6.61. The Labute approximate surface area is 126 Å². The van der Waals surface area contributed by atoms with Crippen LogP contribution in [0.2, 0.25) is 0 Å². The van der Waals surface area contributed by atoms with E-state index in [0.29, 0.717) is 0 Å². The lowest BCUT2D eigenvalue weighted by Gasteiger charge is -2.26. The molecule has 1 N–H and O–H groups in total. The molecular formula is C14H17BrN2OS. The van der Waals surface area contributed by atoms with Gasteiger partial charge in [-0.1, -0.05) is 28.1 Å². The van der Waals surface area contributed by atoms with Gasteiger partial charge in [0.1, 0.15) is 0 Å². The Hall–Kier alpha value is -0.750. The van der Waals surface area contributed by atoms with E-state index < -0.39 is 0 Å². The summed E-state index contributed by atoms with van der Waals surface area (Å²) in [6.45, 7) is 2.90. The van der Waals surface area contributed by atoms with E-state index in [1.54, 1.807) is 11.3 Å². The quantitative estimate of drug-likeness (QED) is 0.906. The first-order chi connectivity index (χ1) is 9.10. The molecule has 0 aliphatic heterocycles. The van der Waals surface area contributed by atoms with Gasteiger partial charge in [0.15, 0.2) is 0 Å². The molecule has 0 bridgehead atoms. The number of rotatable bonds is 5. The van der Waals surface area contributed by atoms with Gasteiger partial charge in [0.05, 0.1) is 17.7 Å². The predicted molar refractivity (Wildman–Crippen MR) is 82.3 cm³/mol. The first-order valence-electron chi connectivity index (χ1n) is 6.08. The fraction of sp³-hybridized carbons (Fsp3) is 0.357. The molecular weight excluding hydrogens is 324 g/mol. The summed E-state index contributed by atoms with van der Waals surface area (Å²) in [6.07, 6.45) is 1.91. The molecule has 19 heavy (non-hydrogen) atoms. The fourth-order valence-corrected chi connectivity index (χ4v) is 3.32. The van der Waals surface area contributed by atoms with Gasteiger partial charge in [0, 0.05) is 22.1 Å². The van der Waals surface area contributed by atoms with Crippen LogP contribution in [-0.2, 0) is 6.54 Å². The summed E-state index contributed by atoms with van der Waals surface area (Å²) in [7, 11) is 2.02. The van der Waals surface area contributed by atoms with Gasteiger partial charge in [-0.05, 0) is 31.7 Å². The van der Waals surface area contributed by atoms with Crippen molar-refractivity contribution in [3.8, 4) is 0 Å². The lowest BCUT2D eigenvalue weighted by Crippen LogP contribution is -2.26. The molecule has 0 aliphatic carbocycles. The third kappa shape index (κ3) is 3.86. The lowest BCUT2D eigenvalue weighted by atomic mass is 10.1. The van der Waals surface area contributed by atoms with Crippen molar-refractivity contribution in [2.75, 3.05) is 13.7 Å². The molecule has 1 aromatic carbocycles. The molecule has 1 aromatic heterocycles. The van der Waals surface area contributed by atoms with Crippen molar-refractivity contribution in [1.29, 1.82) is 0 Å². The number of hydrogen-bond acceptors (Lipinski definition) is 4. The summed E-state index contributed by atoms with van der Waals surface area (Å²) in [5.41, 5.74) is 1.11. The molecule has 1 atom stereocenters. The molecule has 0 aliphatic rings. The number of aliphatic hydroxyl groups is 1. The van der Waals surface area contributed by atoms with Gasteiger partial charge >= 0.3 is 0 Å². The first-order valence-corrected chi connectivity index (χ1v) is 7.69. The van der Waals surface area contributed by atoms with Crippen molar-refractivity contribution >= 4 is 27.3 Å². The molecule has 0 spiro atoms. The molecule has 2 aromatic rings. The maximum atomic E-state index is 9.65. The Morgan fingerprint density at radius 1 is 1.47 bits per heavy atom. The predicted octanol–water partition coefficient (Wildman–Crippen LogP) is 3.38. The minimum atomic E-state index is -0.0000869. The highest BCUT2D eigenvalue weighted by molar-refractivity contribution is 9.10. The summed E-state index contributed by atoms with van der Waals surface area (Å²) < 4.78 is 1.03. The molecule has 0 saturated carbocycles. The smallest absolute Gasteiger partial charge is 0.0897 e. The van der Waals surface area contributed by atoms with Crippen LogP contribution in [0.25, 0.3) is 0 Å². The molecule has 0 fully saturated rings. The number of aryl methyl sites for hydroxylation is 1. The zero-order valence-corrected chi connectivity index (χ0v) is 13.4. The van der Waals surface area contributed by atoms with E-state index >= 15 is 0 Å². The van der Waals surface area contributed by atoms with Crippen molar-refractivity contribution < 1.29 is 5.11 Å². The lowest BCUT2D eigenvalue weighted by molar-refractivity contribution is 0.143. The molecule has 0 amide bonds. The number of likely N-dealkylation sites (N-methyl/N-ethyl adjacent to an activating group) is 1. The average Bonchev–Trinajstić information content (AvgIpc) is 2.75. The second-order valence-electron chi connectivity index (χ2n) is 4.51. The summed E-state index contributed by atoms with van der Waals surface area (Å²) >= 11 is 5.17. The van der Waals surface area contributed by atoms with E-state index in [1.807, 2.05) is 38.4 Å². The van der Waals surface area contributed by atoms with Gasteiger partial charge in [-0.2, -0.15) is 0 Å². The van der Waals surface area contributed by atoms with E-state index in [4.69, 9.17) is 0 Å². The van der Waals surface area contributed by atoms with Crippen LogP contribution in [0.4, 0.5) is 0 Å². The third-order valence-corrected chi connectivity index (χ3v) is 4.40. The summed E-state index contributed by atoms with van der Waals surface area (Å²) in [6, 6.07) is 8.08. The van der Waals surface area contributed by atoms with Crippen LogP contribution in [0.5, 0.6) is 0 Å². The van der Waals surface area contributed by atoms with Crippen LogP contribution < -0.4 is 0 Å². The van der Waals surface area contributed by atoms with Crippen LogP contribution in [0.3, 0.4) is 0 Å². The largest absolute Gasteiger partial charge is 0.394 e. The van der Waals surface area contributed by atoms with Crippen LogP contribution >= 0.6 is 27.3 Å². The molecule has 5 heteroatoms. The molecule has 2 rings (SSSR count). The minimum absolute atomic E-state index is 0.0000869. The molecule has 0 unspecified atom stereocenters. The summed E-state index contributed by atoms with van der Waals surface area (Å²) in [5, 5.41) is 10.7. The highest BCUT2D eigenvalue weighted by Crippen LogP contribution is 2.24. The van der Waals surface area contributed by atoms with Crippen LogP contribution in [0, 0.1) is 6.92 Å². The topological polar surface area (TPSA) is 36.4 Å². The van der Waals surface area contributed by atoms with Crippen LogP contribution in [0.1, 0.15) is 21.5 Å². The fourth-order valence-electron chi connectivity index (χ4n) is 2.05. The van der Waals surface area contributed by atoms with Crippen molar-refractivity contribution in [3.63, 3.8) is 0 Å². The molecule has 1 heterocycles. The van der Waals surface area contributed by atoms with Gasteiger partial charge in [-0.15, -0.1) is 11.3 Å². The number of nitrogens with zero attached hydrogens (tertiary/aromatic N) is 2. The van der Waals surface area contributed by atoms with Crippen molar-refractivity contribution in [3.05, 3.63) is 50.4 Å². The zero-order valence-electron chi connectivity index (χ0n) is 11.0. The van der Waals surface area contributed by atoms with Gasteiger partial charge in [-0.25, -0.2) is 4.98 Å². The van der Waals surface area contributed by atoms with E-state index in [2.05, 4.69) is 31.9 Å². The highest BCUT2D eigenvalue weighted by atomic mass is 79.9. The number of benzene rings is 1. The minimum Gasteiger partial charge on any atom is -0.394 e. The Bertz CT molecular complexity index is 544. The molecule has 0 saturated heterocycles. The number of aliphatic hydroxyl groups excluding tert-OH is 1. The van der Waals surface area contributed by atoms with Crippen molar-refractivity contribution in [1.82, 2.24) is 9.88 Å². The first kappa shape index (κ1) is 14.7. The van der Waals surface area contributed by atoms with E-state index in [0.717, 1.165) is 21.6 Å². The normalized spacial score (nSPS) is 12.9. The standard InChI is InChI=1S/C14H17BrN2OS/c1-10-16-7-13(19-10)8-17(2)14(9-18)11-4-3-5-12(15)6-11/h3-7,14,18H,8-9H2,1-2H3/t14-/m0/s1. The van der Waals surface area contributed by atoms with E-state index in [-0.39, 0.29) is 12.6 Å². The molecule has 0 radical (unpaired) electrons. The Morgan fingerprint density at radius 3 is 2.84 bits per heavy atom. The second-order valence-corrected chi connectivity index (χ2v) is 6.75. The Morgan fingerprint density at radius 2 is 2.26 bits per heavy atom. The SMILES string of the molecule is Cc1ncc(CN(C)[C@@H](CO)c2cccc(Br)c2)s1. The maximum Gasteiger partial charge on any atom is 0.0897 e. The summed E-state index contributed by atoms with van der Waals surface area (Å²) in [5.74, 6) is 0. The zero-order chi connectivity index (χ0) is 13.8. The third-order valence-electron chi connectivity index (χ3n) is 3.01. The molecule has 3 nitrogen and oxygen atoms in total. The monoisotopic (exact) mass is 340 g/mol. The van der Waals surface area contributed by atoms with Crippen molar-refractivity contribution in [2.24, 2.45) is 0 Å².